The molecule has 0 radical (unpaired) electrons. The lowest BCUT2D eigenvalue weighted by Gasteiger charge is -2.37. The molecule has 2 N–H and O–H groups in total. The summed E-state index contributed by atoms with van der Waals surface area (Å²) in [4.78, 5) is 25.5. The lowest BCUT2D eigenvalue weighted by atomic mass is 10.1. The molecule has 0 bridgehead atoms. The van der Waals surface area contributed by atoms with Crippen LogP contribution in [0.3, 0.4) is 0 Å². The van der Waals surface area contributed by atoms with E-state index >= 15 is 0 Å². The summed E-state index contributed by atoms with van der Waals surface area (Å²) >= 11 is 0. The van der Waals surface area contributed by atoms with Crippen LogP contribution in [0.1, 0.15) is 23.3 Å². The summed E-state index contributed by atoms with van der Waals surface area (Å²) in [7, 11) is 0. The zero-order valence-electron chi connectivity index (χ0n) is 12.8. The van der Waals surface area contributed by atoms with Crippen LogP contribution < -0.4 is 0 Å². The van der Waals surface area contributed by atoms with E-state index in [0.717, 1.165) is 30.5 Å². The van der Waals surface area contributed by atoms with E-state index in [2.05, 4.69) is 15.1 Å². The monoisotopic (exact) mass is 316 g/mol. The van der Waals surface area contributed by atoms with Crippen molar-refractivity contribution < 1.29 is 14.7 Å². The fraction of sp³-hybridized carbons (Fsp3) is 0.438. The van der Waals surface area contributed by atoms with Crippen molar-refractivity contribution in [3.05, 3.63) is 30.0 Å². The summed E-state index contributed by atoms with van der Waals surface area (Å²) in [6.45, 7) is 3.60. The SMILES string of the molecule is O=C(c1n[nH]c2ccccc12)N1CCN2CCCC2C1.O=CO. The molecule has 2 aliphatic rings. The normalized spacial score (nSPS) is 20.7. The fourth-order valence-electron chi connectivity index (χ4n) is 3.45. The maximum absolute atomic E-state index is 12.7. The third-order valence-corrected chi connectivity index (χ3v) is 4.55. The number of H-pyrrole nitrogens is 1. The number of carbonyl (C=O) groups is 2. The van der Waals surface area contributed by atoms with Crippen LogP contribution in [0.25, 0.3) is 10.9 Å². The molecule has 4 rings (SSSR count). The number of para-hydroxylation sites is 1. The molecule has 1 aromatic heterocycles. The third kappa shape index (κ3) is 3.05. The van der Waals surface area contributed by atoms with E-state index in [1.165, 1.54) is 19.4 Å². The minimum Gasteiger partial charge on any atom is -0.483 e. The Labute approximate surface area is 133 Å². The summed E-state index contributed by atoms with van der Waals surface area (Å²) in [6, 6.07) is 8.36. The average molecular weight is 316 g/mol. The number of carbonyl (C=O) groups excluding carboxylic acids is 1. The second kappa shape index (κ2) is 6.78. The number of carboxylic acid groups (broad SMARTS) is 1. The highest BCUT2D eigenvalue weighted by Gasteiger charge is 2.33. The van der Waals surface area contributed by atoms with Gasteiger partial charge in [-0.25, -0.2) is 0 Å². The Morgan fingerprint density at radius 2 is 2.09 bits per heavy atom. The first-order valence-corrected chi connectivity index (χ1v) is 7.79. The highest BCUT2D eigenvalue weighted by atomic mass is 16.3. The lowest BCUT2D eigenvalue weighted by molar-refractivity contribution is -0.122. The van der Waals surface area contributed by atoms with Crippen LogP contribution in [-0.2, 0) is 4.79 Å². The quantitative estimate of drug-likeness (QED) is 0.771. The van der Waals surface area contributed by atoms with Crippen molar-refractivity contribution in [1.29, 1.82) is 0 Å². The zero-order valence-corrected chi connectivity index (χ0v) is 12.8. The second-order valence-corrected chi connectivity index (χ2v) is 5.81. The largest absolute Gasteiger partial charge is 0.483 e. The standard InChI is InChI=1S/C15H18N4O.CH2O2/c20-15(14-12-5-1-2-6-13(12)16-17-14)19-9-8-18-7-3-4-11(18)10-19;2-1-3/h1-2,5-6,11H,3-4,7-10H2,(H,16,17);1H,(H,2,3). The Morgan fingerprint density at radius 1 is 1.30 bits per heavy atom. The highest BCUT2D eigenvalue weighted by molar-refractivity contribution is 6.04. The molecule has 0 aliphatic carbocycles. The van der Waals surface area contributed by atoms with Crippen molar-refractivity contribution in [2.24, 2.45) is 0 Å². The molecule has 7 nitrogen and oxygen atoms in total. The molecule has 122 valence electrons. The van der Waals surface area contributed by atoms with Crippen molar-refractivity contribution >= 4 is 23.3 Å². The molecule has 1 aromatic carbocycles. The Bertz CT molecular complexity index is 699. The molecule has 23 heavy (non-hydrogen) atoms. The molecule has 2 aromatic rings. The van der Waals surface area contributed by atoms with Gasteiger partial charge in [0.25, 0.3) is 12.4 Å². The first-order chi connectivity index (χ1) is 11.2. The minimum absolute atomic E-state index is 0.0639. The number of amides is 1. The van der Waals surface area contributed by atoms with Crippen molar-refractivity contribution in [3.63, 3.8) is 0 Å². The molecule has 2 saturated heterocycles. The summed E-state index contributed by atoms with van der Waals surface area (Å²) < 4.78 is 0. The van der Waals surface area contributed by atoms with Gasteiger partial charge >= 0.3 is 0 Å². The topological polar surface area (TPSA) is 89.5 Å². The van der Waals surface area contributed by atoms with Crippen LogP contribution in [-0.4, -0.2) is 69.7 Å². The number of rotatable bonds is 1. The summed E-state index contributed by atoms with van der Waals surface area (Å²) in [5.41, 5.74) is 1.49. The zero-order chi connectivity index (χ0) is 16.2. The predicted molar refractivity (Wildman–Crippen MR) is 85.3 cm³/mol. The van der Waals surface area contributed by atoms with E-state index in [1.807, 2.05) is 29.2 Å². The van der Waals surface area contributed by atoms with E-state index in [0.29, 0.717) is 11.7 Å². The summed E-state index contributed by atoms with van der Waals surface area (Å²) in [6.07, 6.45) is 2.48. The van der Waals surface area contributed by atoms with Crippen LogP contribution >= 0.6 is 0 Å². The van der Waals surface area contributed by atoms with Crippen molar-refractivity contribution in [1.82, 2.24) is 20.0 Å². The summed E-state index contributed by atoms with van der Waals surface area (Å²) in [5.74, 6) is 0.0639. The summed E-state index contributed by atoms with van der Waals surface area (Å²) in [5, 5.41) is 15.0. The van der Waals surface area contributed by atoms with E-state index in [-0.39, 0.29) is 12.4 Å². The van der Waals surface area contributed by atoms with Crippen LogP contribution in [0, 0.1) is 0 Å². The van der Waals surface area contributed by atoms with Crippen LogP contribution in [0.15, 0.2) is 24.3 Å². The Hall–Kier alpha value is -2.41. The van der Waals surface area contributed by atoms with Gasteiger partial charge in [0.15, 0.2) is 5.69 Å². The number of nitrogens with zero attached hydrogens (tertiary/aromatic N) is 3. The van der Waals surface area contributed by atoms with Crippen LogP contribution in [0.2, 0.25) is 0 Å². The third-order valence-electron chi connectivity index (χ3n) is 4.55. The van der Waals surface area contributed by atoms with Gasteiger partial charge in [0.1, 0.15) is 0 Å². The van der Waals surface area contributed by atoms with Crippen LogP contribution in [0.4, 0.5) is 0 Å². The number of piperazine rings is 1. The molecule has 7 heteroatoms. The molecule has 1 atom stereocenters. The van der Waals surface area contributed by atoms with E-state index < -0.39 is 0 Å². The van der Waals surface area contributed by atoms with Gasteiger partial charge < -0.3 is 10.0 Å². The Morgan fingerprint density at radius 3 is 2.91 bits per heavy atom. The molecule has 0 saturated carbocycles. The lowest BCUT2D eigenvalue weighted by Crippen LogP contribution is -2.52. The Balaban J connectivity index is 0.000000485. The van der Waals surface area contributed by atoms with Crippen molar-refractivity contribution in [2.45, 2.75) is 18.9 Å². The fourth-order valence-corrected chi connectivity index (χ4v) is 3.45. The van der Waals surface area contributed by atoms with Gasteiger partial charge in [-0.15, -0.1) is 0 Å². The number of aromatic nitrogens is 2. The number of hydrogen-bond donors (Lipinski definition) is 2. The molecular weight excluding hydrogens is 296 g/mol. The second-order valence-electron chi connectivity index (χ2n) is 5.81. The molecule has 3 heterocycles. The van der Waals surface area contributed by atoms with Gasteiger partial charge in [-0.1, -0.05) is 18.2 Å². The minimum atomic E-state index is -0.250. The maximum Gasteiger partial charge on any atom is 0.290 e. The van der Waals surface area contributed by atoms with Crippen molar-refractivity contribution in [3.8, 4) is 0 Å². The van der Waals surface area contributed by atoms with E-state index in [9.17, 15) is 4.79 Å². The van der Waals surface area contributed by atoms with Gasteiger partial charge in [-0.2, -0.15) is 5.10 Å². The molecule has 2 aliphatic heterocycles. The van der Waals surface area contributed by atoms with Gasteiger partial charge in [-0.3, -0.25) is 19.6 Å². The van der Waals surface area contributed by atoms with Gasteiger partial charge in [-0.05, 0) is 25.5 Å². The number of benzene rings is 1. The maximum atomic E-state index is 12.7. The first-order valence-electron chi connectivity index (χ1n) is 7.79. The van der Waals surface area contributed by atoms with E-state index in [1.54, 1.807) is 0 Å². The Kier molecular flexibility index (Phi) is 4.57. The molecule has 1 amide bonds. The molecule has 0 spiro atoms. The molecule has 2 fully saturated rings. The van der Waals surface area contributed by atoms with E-state index in [4.69, 9.17) is 9.90 Å². The van der Waals surface area contributed by atoms with Gasteiger partial charge in [0, 0.05) is 31.1 Å². The highest BCUT2D eigenvalue weighted by Crippen LogP contribution is 2.23. The first kappa shape index (κ1) is 15.5. The van der Waals surface area contributed by atoms with Crippen LogP contribution in [0.5, 0.6) is 0 Å². The smallest absolute Gasteiger partial charge is 0.290 e. The number of hydrogen-bond acceptors (Lipinski definition) is 4. The average Bonchev–Trinajstić information content (AvgIpc) is 3.21. The van der Waals surface area contributed by atoms with Gasteiger partial charge in [0.2, 0.25) is 0 Å². The number of nitrogens with one attached hydrogen (secondary N) is 1. The molecular formula is C16H20N4O3. The van der Waals surface area contributed by atoms with Gasteiger partial charge in [0.05, 0.1) is 5.52 Å². The molecule has 1 unspecified atom stereocenters. The number of fused-ring (bicyclic) bond motifs is 2. The number of aromatic amines is 1. The predicted octanol–water partition coefficient (Wildman–Crippen LogP) is 1.18. The van der Waals surface area contributed by atoms with Crippen molar-refractivity contribution in [2.75, 3.05) is 26.2 Å².